The number of benzene rings is 1. The number of fused-ring (bicyclic) bond motifs is 1. The predicted octanol–water partition coefficient (Wildman–Crippen LogP) is 2.84. The van der Waals surface area contributed by atoms with Gasteiger partial charge in [-0.3, -0.25) is 14.3 Å². The van der Waals surface area contributed by atoms with Crippen LogP contribution >= 0.6 is 0 Å². The Bertz CT molecular complexity index is 973. The summed E-state index contributed by atoms with van der Waals surface area (Å²) in [5.74, 6) is -0.0290. The molecule has 0 aliphatic carbocycles. The second kappa shape index (κ2) is 8.53. The average molecular weight is 415 g/mol. The minimum Gasteiger partial charge on any atom is -0.447 e. The topological polar surface area (TPSA) is 85.0 Å². The fourth-order valence-electron chi connectivity index (χ4n) is 4.56. The van der Waals surface area contributed by atoms with E-state index in [1.54, 1.807) is 6.07 Å². The SMILES string of the molecule is CC[C@H](C)[C@@H]1COC(=O)N1C1CCN(C(=O)CCn2c(=O)oc3ccccc32)CC1. The number of para-hydroxylation sites is 2. The number of hydrogen-bond acceptors (Lipinski definition) is 5. The molecule has 1 aromatic carbocycles. The molecular formula is C22H29N3O5. The van der Waals surface area contributed by atoms with Crippen molar-refractivity contribution in [3.8, 4) is 0 Å². The first-order valence-corrected chi connectivity index (χ1v) is 10.8. The molecule has 0 unspecified atom stereocenters. The smallest absolute Gasteiger partial charge is 0.419 e. The number of cyclic esters (lactones) is 1. The van der Waals surface area contributed by atoms with Crippen LogP contribution in [0, 0.1) is 5.92 Å². The van der Waals surface area contributed by atoms with Gasteiger partial charge in [-0.15, -0.1) is 0 Å². The van der Waals surface area contributed by atoms with Gasteiger partial charge in [-0.1, -0.05) is 32.4 Å². The molecule has 162 valence electrons. The van der Waals surface area contributed by atoms with Crippen LogP contribution in [0.25, 0.3) is 11.1 Å². The lowest BCUT2D eigenvalue weighted by Gasteiger charge is -2.39. The maximum atomic E-state index is 12.7. The number of likely N-dealkylation sites (tertiary alicyclic amines) is 1. The number of nitrogens with zero attached hydrogens (tertiary/aromatic N) is 3. The third-order valence-electron chi connectivity index (χ3n) is 6.58. The lowest BCUT2D eigenvalue weighted by Crippen LogP contribution is -2.51. The number of ether oxygens (including phenoxy) is 1. The van der Waals surface area contributed by atoms with Crippen molar-refractivity contribution in [2.24, 2.45) is 5.92 Å². The molecule has 1 aromatic heterocycles. The van der Waals surface area contributed by atoms with Gasteiger partial charge in [0, 0.05) is 32.1 Å². The van der Waals surface area contributed by atoms with Crippen LogP contribution in [0.1, 0.15) is 39.5 Å². The summed E-state index contributed by atoms with van der Waals surface area (Å²) in [6, 6.07) is 7.46. The number of aryl methyl sites for hydroxylation is 1. The summed E-state index contributed by atoms with van der Waals surface area (Å²) in [7, 11) is 0. The zero-order valence-corrected chi connectivity index (χ0v) is 17.6. The van der Waals surface area contributed by atoms with E-state index < -0.39 is 5.76 Å². The van der Waals surface area contributed by atoms with Crippen molar-refractivity contribution in [2.75, 3.05) is 19.7 Å². The molecule has 2 aromatic rings. The van der Waals surface area contributed by atoms with Gasteiger partial charge in [-0.2, -0.15) is 0 Å². The Balaban J connectivity index is 1.34. The van der Waals surface area contributed by atoms with Crippen molar-refractivity contribution in [2.45, 2.75) is 58.2 Å². The molecule has 2 fully saturated rings. The zero-order valence-electron chi connectivity index (χ0n) is 17.6. The lowest BCUT2D eigenvalue weighted by molar-refractivity contribution is -0.132. The summed E-state index contributed by atoms with van der Waals surface area (Å²) in [5, 5.41) is 0. The summed E-state index contributed by atoms with van der Waals surface area (Å²) < 4.78 is 12.1. The Morgan fingerprint density at radius 1 is 1.20 bits per heavy atom. The van der Waals surface area contributed by atoms with Gasteiger partial charge in [0.05, 0.1) is 11.6 Å². The highest BCUT2D eigenvalue weighted by Gasteiger charge is 2.41. The molecule has 3 heterocycles. The lowest BCUT2D eigenvalue weighted by atomic mass is 9.95. The molecule has 0 radical (unpaired) electrons. The third-order valence-corrected chi connectivity index (χ3v) is 6.58. The number of aromatic nitrogens is 1. The molecule has 4 rings (SSSR count). The minimum absolute atomic E-state index is 0.0214. The number of hydrogen-bond donors (Lipinski definition) is 0. The highest BCUT2D eigenvalue weighted by Crippen LogP contribution is 2.29. The monoisotopic (exact) mass is 415 g/mol. The van der Waals surface area contributed by atoms with Gasteiger partial charge in [-0.05, 0) is 30.9 Å². The van der Waals surface area contributed by atoms with Gasteiger partial charge in [0.1, 0.15) is 6.61 Å². The van der Waals surface area contributed by atoms with Crippen molar-refractivity contribution >= 4 is 23.1 Å². The number of amides is 2. The second-order valence-electron chi connectivity index (χ2n) is 8.29. The minimum atomic E-state index is -0.439. The number of carbonyl (C=O) groups excluding carboxylic acids is 2. The van der Waals surface area contributed by atoms with Gasteiger partial charge in [0.15, 0.2) is 5.58 Å². The first kappa shape index (κ1) is 20.5. The van der Waals surface area contributed by atoms with Crippen molar-refractivity contribution in [1.29, 1.82) is 0 Å². The molecule has 8 nitrogen and oxygen atoms in total. The number of carbonyl (C=O) groups is 2. The Morgan fingerprint density at radius 3 is 2.67 bits per heavy atom. The van der Waals surface area contributed by atoms with Crippen molar-refractivity contribution in [3.63, 3.8) is 0 Å². The highest BCUT2D eigenvalue weighted by atomic mass is 16.6. The van der Waals surface area contributed by atoms with Gasteiger partial charge in [0.2, 0.25) is 5.91 Å². The number of piperidine rings is 1. The van der Waals surface area contributed by atoms with E-state index in [0.29, 0.717) is 43.3 Å². The van der Waals surface area contributed by atoms with E-state index in [4.69, 9.17) is 9.15 Å². The van der Waals surface area contributed by atoms with Crippen LogP contribution in [0.5, 0.6) is 0 Å². The Kier molecular flexibility index (Phi) is 5.83. The molecule has 0 spiro atoms. The number of oxazole rings is 1. The molecule has 0 N–H and O–H groups in total. The molecule has 2 aliphatic rings. The largest absolute Gasteiger partial charge is 0.447 e. The van der Waals surface area contributed by atoms with E-state index in [-0.39, 0.29) is 30.5 Å². The van der Waals surface area contributed by atoms with Crippen LogP contribution in [0.15, 0.2) is 33.5 Å². The van der Waals surface area contributed by atoms with Crippen LogP contribution in [-0.2, 0) is 16.1 Å². The predicted molar refractivity (Wildman–Crippen MR) is 111 cm³/mol. The maximum Gasteiger partial charge on any atom is 0.419 e. The Labute approximate surface area is 175 Å². The van der Waals surface area contributed by atoms with Crippen LogP contribution < -0.4 is 5.76 Å². The van der Waals surface area contributed by atoms with E-state index in [1.165, 1.54) is 4.57 Å². The van der Waals surface area contributed by atoms with Crippen LogP contribution in [-0.4, -0.2) is 58.1 Å². The van der Waals surface area contributed by atoms with Crippen molar-refractivity contribution in [3.05, 3.63) is 34.8 Å². The second-order valence-corrected chi connectivity index (χ2v) is 8.29. The summed E-state index contributed by atoms with van der Waals surface area (Å²) in [4.78, 5) is 40.8. The fraction of sp³-hybridized carbons (Fsp3) is 0.591. The van der Waals surface area contributed by atoms with Crippen LogP contribution in [0.4, 0.5) is 4.79 Å². The van der Waals surface area contributed by atoms with Gasteiger partial charge in [0.25, 0.3) is 0 Å². The Hall–Kier alpha value is -2.77. The summed E-state index contributed by atoms with van der Waals surface area (Å²) in [5.41, 5.74) is 1.24. The van der Waals surface area contributed by atoms with Crippen molar-refractivity contribution in [1.82, 2.24) is 14.4 Å². The van der Waals surface area contributed by atoms with Gasteiger partial charge < -0.3 is 14.1 Å². The summed E-state index contributed by atoms with van der Waals surface area (Å²) >= 11 is 0. The highest BCUT2D eigenvalue weighted by molar-refractivity contribution is 5.77. The van der Waals surface area contributed by atoms with Crippen LogP contribution in [0.2, 0.25) is 0 Å². The molecular weight excluding hydrogens is 386 g/mol. The third kappa shape index (κ3) is 3.82. The maximum absolute atomic E-state index is 12.7. The average Bonchev–Trinajstić information content (AvgIpc) is 3.30. The first-order valence-electron chi connectivity index (χ1n) is 10.8. The zero-order chi connectivity index (χ0) is 21.3. The normalized spacial score (nSPS) is 21.3. The van der Waals surface area contributed by atoms with E-state index in [0.717, 1.165) is 19.3 Å². The van der Waals surface area contributed by atoms with Crippen molar-refractivity contribution < 1.29 is 18.7 Å². The number of rotatable bonds is 6. The molecule has 2 amide bonds. The summed E-state index contributed by atoms with van der Waals surface area (Å²) in [6.07, 6.45) is 2.52. The van der Waals surface area contributed by atoms with E-state index in [9.17, 15) is 14.4 Å². The quantitative estimate of drug-likeness (QED) is 0.724. The molecule has 8 heteroatoms. The first-order chi connectivity index (χ1) is 14.5. The standard InChI is InChI=1S/C22H29N3O5/c1-3-15(2)18-14-29-22(28)25(18)16-8-11-23(12-9-16)20(26)10-13-24-17-6-4-5-7-19(17)30-21(24)27/h4-7,15-16,18H,3,8-14H2,1-2H3/t15-,18-/m0/s1. The van der Waals surface area contributed by atoms with E-state index >= 15 is 0 Å². The summed E-state index contributed by atoms with van der Waals surface area (Å²) in [6.45, 7) is 6.26. The van der Waals surface area contributed by atoms with E-state index in [1.807, 2.05) is 28.0 Å². The van der Waals surface area contributed by atoms with Gasteiger partial charge >= 0.3 is 11.8 Å². The van der Waals surface area contributed by atoms with Crippen LogP contribution in [0.3, 0.4) is 0 Å². The molecule has 0 bridgehead atoms. The molecule has 2 atom stereocenters. The molecule has 30 heavy (non-hydrogen) atoms. The van der Waals surface area contributed by atoms with E-state index in [2.05, 4.69) is 13.8 Å². The molecule has 2 saturated heterocycles. The molecule has 0 saturated carbocycles. The molecule has 2 aliphatic heterocycles. The Morgan fingerprint density at radius 2 is 1.93 bits per heavy atom. The fourth-order valence-corrected chi connectivity index (χ4v) is 4.56. The van der Waals surface area contributed by atoms with Gasteiger partial charge in [-0.25, -0.2) is 9.59 Å².